The molecule has 11 aromatic rings. The Morgan fingerprint density at radius 3 is 1.32 bits per heavy atom. The quantitative estimate of drug-likeness (QED) is 0.163. The normalized spacial score (nSPS) is 11.4. The smallest absolute Gasteiger partial charge is 0.160 e. The van der Waals surface area contributed by atoms with Gasteiger partial charge in [0.2, 0.25) is 0 Å². The number of rotatable bonds is 7. The summed E-state index contributed by atoms with van der Waals surface area (Å²) in [6, 6.07) is 71.8. The molecule has 5 heteroatoms. The molecule has 0 aliphatic carbocycles. The van der Waals surface area contributed by atoms with Crippen LogP contribution in [-0.2, 0) is 0 Å². The molecule has 0 unspecified atom stereocenters. The maximum Gasteiger partial charge on any atom is 0.160 e. The second-order valence-electron chi connectivity index (χ2n) is 14.7. The summed E-state index contributed by atoms with van der Waals surface area (Å²) in [7, 11) is 0. The van der Waals surface area contributed by atoms with Crippen molar-refractivity contribution >= 4 is 27.6 Å². The van der Waals surface area contributed by atoms with Crippen LogP contribution in [0.5, 0.6) is 0 Å². The fraction of sp³-hybridized carbons (Fsp3) is 0. The monoisotopic (exact) mass is 753 g/mol. The van der Waals surface area contributed by atoms with Crippen molar-refractivity contribution < 1.29 is 0 Å². The third-order valence-electron chi connectivity index (χ3n) is 11.1. The zero-order valence-electron chi connectivity index (χ0n) is 31.9. The Hall–Kier alpha value is -8.02. The Morgan fingerprint density at radius 1 is 0.322 bits per heavy atom. The summed E-state index contributed by atoms with van der Waals surface area (Å²) in [5, 5.41) is 1.05. The van der Waals surface area contributed by atoms with Gasteiger partial charge in [0.15, 0.2) is 5.82 Å². The summed E-state index contributed by atoms with van der Waals surface area (Å²) in [5.41, 5.74) is 17.5. The van der Waals surface area contributed by atoms with Gasteiger partial charge in [0.1, 0.15) is 11.2 Å². The molecule has 4 aromatic heterocycles. The van der Waals surface area contributed by atoms with E-state index in [0.29, 0.717) is 5.82 Å². The molecular weight excluding hydrogens is 719 g/mol. The third-order valence-corrected chi connectivity index (χ3v) is 11.1. The molecule has 0 bridgehead atoms. The number of benzene rings is 7. The molecule has 5 nitrogen and oxygen atoms in total. The number of hydrogen-bond donors (Lipinski definition) is 0. The maximum atomic E-state index is 5.16. The Kier molecular flexibility index (Phi) is 8.41. The van der Waals surface area contributed by atoms with Gasteiger partial charge >= 0.3 is 0 Å². The number of fused-ring (bicyclic) bond motifs is 5. The molecule has 0 saturated carbocycles. The Labute approximate surface area is 341 Å². The lowest BCUT2D eigenvalue weighted by Crippen LogP contribution is -1.96. The molecule has 0 amide bonds. The van der Waals surface area contributed by atoms with E-state index in [-0.39, 0.29) is 0 Å². The lowest BCUT2D eigenvalue weighted by molar-refractivity contribution is 1.18. The van der Waals surface area contributed by atoms with E-state index < -0.39 is 0 Å². The van der Waals surface area contributed by atoms with Crippen molar-refractivity contribution in [2.24, 2.45) is 0 Å². The predicted molar refractivity (Wildman–Crippen MR) is 242 cm³/mol. The van der Waals surface area contributed by atoms with Gasteiger partial charge in [0.05, 0.1) is 28.1 Å². The minimum atomic E-state index is 0.679. The van der Waals surface area contributed by atoms with Crippen LogP contribution in [0.3, 0.4) is 0 Å². The first-order valence-electron chi connectivity index (χ1n) is 19.8. The molecule has 0 atom stereocenters. The van der Waals surface area contributed by atoms with Crippen molar-refractivity contribution in [1.82, 2.24) is 24.3 Å². The van der Waals surface area contributed by atoms with Crippen molar-refractivity contribution in [2.75, 3.05) is 0 Å². The summed E-state index contributed by atoms with van der Waals surface area (Å²) < 4.78 is 2.14. The number of imidazole rings is 1. The lowest BCUT2D eigenvalue weighted by Gasteiger charge is -2.11. The van der Waals surface area contributed by atoms with Gasteiger partial charge < -0.3 is 0 Å². The second kappa shape index (κ2) is 14.5. The molecule has 0 spiro atoms. The number of aromatic nitrogens is 5. The van der Waals surface area contributed by atoms with Crippen molar-refractivity contribution in [3.05, 3.63) is 212 Å². The number of pyridine rings is 2. The zero-order chi connectivity index (χ0) is 39.1. The average molecular weight is 754 g/mol. The van der Waals surface area contributed by atoms with Crippen LogP contribution >= 0.6 is 0 Å². The minimum absolute atomic E-state index is 0.679. The van der Waals surface area contributed by atoms with Crippen molar-refractivity contribution in [3.8, 4) is 78.5 Å². The number of para-hydroxylation sites is 1. The van der Waals surface area contributed by atoms with Crippen LogP contribution in [0.1, 0.15) is 0 Å². The summed E-state index contributed by atoms with van der Waals surface area (Å²) in [5.74, 6) is 0.679. The zero-order valence-corrected chi connectivity index (χ0v) is 31.9. The highest BCUT2D eigenvalue weighted by Crippen LogP contribution is 2.35. The minimum Gasteiger partial charge on any atom is -0.298 e. The van der Waals surface area contributed by atoms with Gasteiger partial charge in [-0.2, -0.15) is 0 Å². The molecular formula is C54H35N5. The van der Waals surface area contributed by atoms with Crippen LogP contribution in [0.4, 0.5) is 0 Å². The molecule has 276 valence electrons. The first-order chi connectivity index (χ1) is 29.2. The molecule has 0 aliphatic heterocycles. The van der Waals surface area contributed by atoms with E-state index in [0.717, 1.165) is 78.0 Å². The molecule has 7 aromatic carbocycles. The van der Waals surface area contributed by atoms with Crippen LogP contribution in [0.15, 0.2) is 212 Å². The fourth-order valence-electron chi connectivity index (χ4n) is 7.99. The molecule has 11 rings (SSSR count). The van der Waals surface area contributed by atoms with Gasteiger partial charge in [-0.15, -0.1) is 0 Å². The van der Waals surface area contributed by atoms with Gasteiger partial charge in [0, 0.05) is 33.8 Å². The SMILES string of the molecule is c1ccc(-c2ccc(-c3cc(-c4ccc(-c5ccccc5)cc4)nc(-c4ccc(-c5ccc(-c6nc7ccccc7c7nc8ccccn8c67)cc5)cc4)n3)cc2)cc1. The largest absolute Gasteiger partial charge is 0.298 e. The van der Waals surface area contributed by atoms with Gasteiger partial charge in [-0.05, 0) is 57.6 Å². The van der Waals surface area contributed by atoms with Gasteiger partial charge in [-0.3, -0.25) is 4.40 Å². The highest BCUT2D eigenvalue weighted by molar-refractivity contribution is 6.09. The van der Waals surface area contributed by atoms with E-state index >= 15 is 0 Å². The van der Waals surface area contributed by atoms with Gasteiger partial charge in [0.25, 0.3) is 0 Å². The average Bonchev–Trinajstić information content (AvgIpc) is 3.72. The summed E-state index contributed by atoms with van der Waals surface area (Å²) >= 11 is 0. The van der Waals surface area contributed by atoms with E-state index in [4.69, 9.17) is 19.9 Å². The van der Waals surface area contributed by atoms with Crippen LogP contribution in [0.2, 0.25) is 0 Å². The highest BCUT2D eigenvalue weighted by atomic mass is 15.0. The molecule has 59 heavy (non-hydrogen) atoms. The van der Waals surface area contributed by atoms with Crippen molar-refractivity contribution in [2.45, 2.75) is 0 Å². The van der Waals surface area contributed by atoms with Crippen LogP contribution in [0, 0.1) is 0 Å². The third kappa shape index (κ3) is 6.41. The molecule has 0 fully saturated rings. The highest BCUT2D eigenvalue weighted by Gasteiger charge is 2.17. The Morgan fingerprint density at radius 2 is 0.763 bits per heavy atom. The van der Waals surface area contributed by atoms with E-state index in [1.807, 2.05) is 42.5 Å². The Balaban J connectivity index is 0.940. The van der Waals surface area contributed by atoms with Gasteiger partial charge in [-0.1, -0.05) is 182 Å². The maximum absolute atomic E-state index is 5.16. The second-order valence-corrected chi connectivity index (χ2v) is 14.7. The fourth-order valence-corrected chi connectivity index (χ4v) is 7.99. The van der Waals surface area contributed by atoms with E-state index in [9.17, 15) is 0 Å². The molecule has 0 N–H and O–H groups in total. The predicted octanol–water partition coefficient (Wildman–Crippen LogP) is 13.5. The Bertz CT molecular complexity index is 3160. The first kappa shape index (κ1) is 34.2. The summed E-state index contributed by atoms with van der Waals surface area (Å²) in [4.78, 5) is 20.5. The lowest BCUT2D eigenvalue weighted by atomic mass is 9.99. The molecule has 0 aliphatic rings. The van der Waals surface area contributed by atoms with Crippen molar-refractivity contribution in [1.29, 1.82) is 0 Å². The topological polar surface area (TPSA) is 56.0 Å². The van der Waals surface area contributed by atoms with Crippen LogP contribution < -0.4 is 0 Å². The molecule has 4 heterocycles. The number of nitrogens with zero attached hydrogens (tertiary/aromatic N) is 5. The van der Waals surface area contributed by atoms with E-state index in [2.05, 4.69) is 174 Å². The standard InChI is InChI=1S/C54H35N5/c1-3-11-36(12-4-1)38-18-26-42(27-19-38)48-35-49(43-28-20-39(21-29-43)37-13-5-2-6-14-37)57-54(56-48)45-32-24-41(25-33-45)40-22-30-44(31-23-40)51-53-52(46-15-7-8-16-47(46)55-51)58-50-17-9-10-34-59(50)53/h1-35H. The molecule has 0 radical (unpaired) electrons. The number of hydrogen-bond acceptors (Lipinski definition) is 4. The molecule has 0 saturated heterocycles. The first-order valence-corrected chi connectivity index (χ1v) is 19.8. The van der Waals surface area contributed by atoms with Crippen LogP contribution in [-0.4, -0.2) is 24.3 Å². The summed E-state index contributed by atoms with van der Waals surface area (Å²) in [6.07, 6.45) is 2.06. The van der Waals surface area contributed by atoms with Crippen molar-refractivity contribution in [3.63, 3.8) is 0 Å². The summed E-state index contributed by atoms with van der Waals surface area (Å²) in [6.45, 7) is 0. The van der Waals surface area contributed by atoms with Gasteiger partial charge in [-0.25, -0.2) is 19.9 Å². The van der Waals surface area contributed by atoms with E-state index in [1.165, 1.54) is 22.3 Å². The van der Waals surface area contributed by atoms with E-state index in [1.54, 1.807) is 0 Å². The van der Waals surface area contributed by atoms with Crippen LogP contribution in [0.25, 0.3) is 106 Å².